The maximum absolute atomic E-state index is 12.6. The normalized spacial score (nSPS) is 14.1. The van der Waals surface area contributed by atoms with Crippen LogP contribution < -0.4 is 4.72 Å². The average molecular weight is 421 g/mol. The molecule has 1 N–H and O–H groups in total. The van der Waals surface area contributed by atoms with Crippen molar-refractivity contribution in [1.29, 1.82) is 0 Å². The summed E-state index contributed by atoms with van der Waals surface area (Å²) in [7, 11) is -4.10. The Labute approximate surface area is 164 Å². The minimum absolute atomic E-state index is 0.0743. The molecule has 0 spiro atoms. The van der Waals surface area contributed by atoms with Crippen molar-refractivity contribution in [1.82, 2.24) is 0 Å². The standard InChI is InChI=1S/C18H13ClN2O6S/c19-14-8-10(7-13-17-15(22)5-2-6-16(17)27-18(13)14)20-28(25,26)12-4-1-3-11(9-12)21(23)24/h1,3-4,7-9,20H,2,5-6H2. The van der Waals surface area contributed by atoms with Gasteiger partial charge in [-0.3, -0.25) is 19.6 Å². The molecule has 144 valence electrons. The Kier molecular flexibility index (Phi) is 4.35. The largest absolute Gasteiger partial charge is 0.459 e. The number of sulfonamides is 1. The molecule has 0 radical (unpaired) electrons. The first-order valence-electron chi connectivity index (χ1n) is 8.31. The lowest BCUT2D eigenvalue weighted by Gasteiger charge is -2.10. The number of nitrogens with zero attached hydrogens (tertiary/aromatic N) is 1. The van der Waals surface area contributed by atoms with E-state index >= 15 is 0 Å². The van der Waals surface area contributed by atoms with Gasteiger partial charge in [0.1, 0.15) is 5.76 Å². The number of carbonyl (C=O) groups excluding carboxylic acids is 1. The van der Waals surface area contributed by atoms with E-state index in [4.69, 9.17) is 16.0 Å². The number of nitrogens with one attached hydrogen (secondary N) is 1. The molecular formula is C18H13ClN2O6S. The molecule has 1 aliphatic carbocycles. The first-order valence-corrected chi connectivity index (χ1v) is 10.2. The lowest BCUT2D eigenvalue weighted by Crippen LogP contribution is -2.13. The van der Waals surface area contributed by atoms with Gasteiger partial charge in [0.05, 0.1) is 26.1 Å². The highest BCUT2D eigenvalue weighted by molar-refractivity contribution is 7.92. The smallest absolute Gasteiger partial charge is 0.270 e. The van der Waals surface area contributed by atoms with E-state index in [0.717, 1.165) is 6.07 Å². The summed E-state index contributed by atoms with van der Waals surface area (Å²) in [5.74, 6) is 0.474. The summed E-state index contributed by atoms with van der Waals surface area (Å²) in [4.78, 5) is 22.2. The van der Waals surface area contributed by atoms with Gasteiger partial charge in [0, 0.05) is 30.4 Å². The van der Waals surface area contributed by atoms with Crippen LogP contribution in [0, 0.1) is 10.1 Å². The van der Waals surface area contributed by atoms with Crippen LogP contribution >= 0.6 is 11.6 Å². The number of hydrogen-bond acceptors (Lipinski definition) is 6. The summed E-state index contributed by atoms with van der Waals surface area (Å²) in [6.07, 6.45) is 1.69. The quantitative estimate of drug-likeness (QED) is 0.496. The highest BCUT2D eigenvalue weighted by atomic mass is 35.5. The molecule has 8 nitrogen and oxygen atoms in total. The second-order valence-corrected chi connectivity index (χ2v) is 8.46. The summed E-state index contributed by atoms with van der Waals surface area (Å²) in [6.45, 7) is 0. The maximum Gasteiger partial charge on any atom is 0.270 e. The van der Waals surface area contributed by atoms with Gasteiger partial charge in [0.25, 0.3) is 15.7 Å². The van der Waals surface area contributed by atoms with Crippen molar-refractivity contribution in [2.24, 2.45) is 0 Å². The molecule has 1 heterocycles. The highest BCUT2D eigenvalue weighted by Gasteiger charge is 2.26. The summed E-state index contributed by atoms with van der Waals surface area (Å²) in [5, 5.41) is 11.5. The fourth-order valence-corrected chi connectivity index (χ4v) is 4.60. The molecule has 4 rings (SSSR count). The lowest BCUT2D eigenvalue weighted by molar-refractivity contribution is -0.385. The van der Waals surface area contributed by atoms with Gasteiger partial charge in [-0.1, -0.05) is 17.7 Å². The van der Waals surface area contributed by atoms with Gasteiger partial charge in [-0.2, -0.15) is 0 Å². The van der Waals surface area contributed by atoms with Gasteiger partial charge >= 0.3 is 0 Å². The number of ketones is 1. The van der Waals surface area contributed by atoms with Crippen LogP contribution in [0.3, 0.4) is 0 Å². The van der Waals surface area contributed by atoms with Crippen LogP contribution in [0.4, 0.5) is 11.4 Å². The Balaban J connectivity index is 1.77. The Bertz CT molecular complexity index is 1250. The number of Topliss-reactive ketones (excluding diaryl/α,β-unsaturated/α-hetero) is 1. The maximum atomic E-state index is 12.6. The van der Waals surface area contributed by atoms with Crippen molar-refractivity contribution in [2.45, 2.75) is 24.2 Å². The van der Waals surface area contributed by atoms with Crippen LogP contribution in [0.2, 0.25) is 5.02 Å². The number of non-ortho nitro benzene ring substituents is 1. The van der Waals surface area contributed by atoms with E-state index in [-0.39, 0.29) is 27.1 Å². The number of halogens is 1. The minimum atomic E-state index is -4.10. The van der Waals surface area contributed by atoms with E-state index in [1.54, 1.807) is 0 Å². The van der Waals surface area contributed by atoms with Crippen LogP contribution in [-0.4, -0.2) is 19.1 Å². The zero-order chi connectivity index (χ0) is 20.1. The molecule has 1 aromatic heterocycles. The van der Waals surface area contributed by atoms with Gasteiger partial charge in [-0.05, 0) is 24.6 Å². The number of rotatable bonds is 4. The van der Waals surface area contributed by atoms with Gasteiger partial charge in [-0.25, -0.2) is 8.42 Å². The fourth-order valence-electron chi connectivity index (χ4n) is 3.26. The Morgan fingerprint density at radius 2 is 1.96 bits per heavy atom. The number of nitro benzene ring substituents is 1. The molecular weight excluding hydrogens is 408 g/mol. The van der Waals surface area contributed by atoms with Gasteiger partial charge in [0.2, 0.25) is 0 Å². The van der Waals surface area contributed by atoms with Crippen molar-refractivity contribution in [3.05, 3.63) is 62.9 Å². The molecule has 2 aromatic carbocycles. The summed E-state index contributed by atoms with van der Waals surface area (Å²) in [6, 6.07) is 7.56. The topological polar surface area (TPSA) is 120 Å². The Hall–Kier alpha value is -2.91. The molecule has 0 aliphatic heterocycles. The molecule has 1 aliphatic rings. The zero-order valence-electron chi connectivity index (χ0n) is 14.3. The van der Waals surface area contributed by atoms with E-state index in [1.165, 1.54) is 30.3 Å². The predicted octanol–water partition coefficient (Wildman–Crippen LogP) is 4.31. The number of fused-ring (bicyclic) bond motifs is 3. The van der Waals surface area contributed by atoms with Crippen LogP contribution in [0.15, 0.2) is 45.7 Å². The second kappa shape index (κ2) is 6.61. The number of anilines is 1. The Morgan fingerprint density at radius 1 is 1.18 bits per heavy atom. The predicted molar refractivity (Wildman–Crippen MR) is 102 cm³/mol. The number of aryl methyl sites for hydroxylation is 1. The number of carbonyl (C=O) groups is 1. The van der Waals surface area contributed by atoms with Crippen LogP contribution in [0.1, 0.15) is 29.0 Å². The summed E-state index contributed by atoms with van der Waals surface area (Å²) >= 11 is 6.24. The van der Waals surface area contributed by atoms with Crippen molar-refractivity contribution < 1.29 is 22.6 Å². The molecule has 0 unspecified atom stereocenters. The SMILES string of the molecule is O=C1CCCc2oc3c(Cl)cc(NS(=O)(=O)c4cccc([N+](=O)[O-])c4)cc3c21. The van der Waals surface area contributed by atoms with E-state index < -0.39 is 14.9 Å². The molecule has 0 amide bonds. The third-order valence-electron chi connectivity index (χ3n) is 4.49. The minimum Gasteiger partial charge on any atom is -0.459 e. The summed E-state index contributed by atoms with van der Waals surface area (Å²) in [5.41, 5.74) is 0.552. The molecule has 0 fully saturated rings. The monoisotopic (exact) mass is 420 g/mol. The average Bonchev–Trinajstić information content (AvgIpc) is 3.02. The number of furan rings is 1. The van der Waals surface area contributed by atoms with Gasteiger partial charge in [-0.15, -0.1) is 0 Å². The van der Waals surface area contributed by atoms with E-state index in [2.05, 4.69) is 4.72 Å². The first-order chi connectivity index (χ1) is 13.3. The van der Waals surface area contributed by atoms with Gasteiger partial charge < -0.3 is 4.42 Å². The first kappa shape index (κ1) is 18.5. The van der Waals surface area contributed by atoms with Crippen molar-refractivity contribution in [2.75, 3.05) is 4.72 Å². The molecule has 28 heavy (non-hydrogen) atoms. The molecule has 10 heteroatoms. The number of nitro groups is 1. The van der Waals surface area contributed by atoms with Crippen molar-refractivity contribution in [3.63, 3.8) is 0 Å². The molecule has 0 atom stereocenters. The van der Waals surface area contributed by atoms with Crippen molar-refractivity contribution >= 4 is 49.8 Å². The van der Waals surface area contributed by atoms with Crippen LogP contribution in [-0.2, 0) is 16.4 Å². The molecule has 3 aromatic rings. The Morgan fingerprint density at radius 3 is 2.71 bits per heavy atom. The number of hydrogen-bond donors (Lipinski definition) is 1. The summed E-state index contributed by atoms with van der Waals surface area (Å²) < 4.78 is 33.4. The highest BCUT2D eigenvalue weighted by Crippen LogP contribution is 2.38. The molecule has 0 saturated carbocycles. The second-order valence-electron chi connectivity index (χ2n) is 6.37. The van der Waals surface area contributed by atoms with Crippen LogP contribution in [0.25, 0.3) is 11.0 Å². The molecule has 0 bridgehead atoms. The third-order valence-corrected chi connectivity index (χ3v) is 6.15. The van der Waals surface area contributed by atoms with Crippen LogP contribution in [0.5, 0.6) is 0 Å². The fraction of sp³-hybridized carbons (Fsp3) is 0.167. The van der Waals surface area contributed by atoms with E-state index in [1.807, 2.05) is 0 Å². The van der Waals surface area contributed by atoms with Gasteiger partial charge in [0.15, 0.2) is 11.4 Å². The van der Waals surface area contributed by atoms with E-state index in [0.29, 0.717) is 41.6 Å². The molecule has 0 saturated heterocycles. The van der Waals surface area contributed by atoms with E-state index in [9.17, 15) is 23.3 Å². The number of benzene rings is 2. The lowest BCUT2D eigenvalue weighted by atomic mass is 9.94. The zero-order valence-corrected chi connectivity index (χ0v) is 15.8. The van der Waals surface area contributed by atoms with Crippen molar-refractivity contribution in [3.8, 4) is 0 Å². The third kappa shape index (κ3) is 3.12.